The molecular formula is C23H30N4O2. The van der Waals surface area contributed by atoms with Crippen LogP contribution < -0.4 is 10.1 Å². The Labute approximate surface area is 172 Å². The van der Waals surface area contributed by atoms with Gasteiger partial charge >= 0.3 is 0 Å². The van der Waals surface area contributed by atoms with E-state index in [1.165, 1.54) is 0 Å². The van der Waals surface area contributed by atoms with E-state index in [-0.39, 0.29) is 12.5 Å². The number of ether oxygens (including phenoxy) is 1. The monoisotopic (exact) mass is 394 g/mol. The maximum absolute atomic E-state index is 12.2. The van der Waals surface area contributed by atoms with Gasteiger partial charge in [0.05, 0.1) is 11.0 Å². The van der Waals surface area contributed by atoms with Crippen LogP contribution in [0.3, 0.4) is 0 Å². The van der Waals surface area contributed by atoms with Crippen molar-refractivity contribution in [1.82, 2.24) is 14.5 Å². The van der Waals surface area contributed by atoms with Gasteiger partial charge in [0.1, 0.15) is 11.6 Å². The van der Waals surface area contributed by atoms with Gasteiger partial charge in [-0.1, -0.05) is 31.5 Å². The van der Waals surface area contributed by atoms with E-state index in [1.54, 1.807) is 0 Å². The fourth-order valence-electron chi connectivity index (χ4n) is 3.33. The Morgan fingerprint density at radius 2 is 1.86 bits per heavy atom. The third-order valence-corrected chi connectivity index (χ3v) is 5.19. The SMILES string of the molecule is CCN(CC)CCc1nc2cc(NC(=O)COc3ccc(C)cc3)ccc2n1C. The lowest BCUT2D eigenvalue weighted by Crippen LogP contribution is -2.26. The Morgan fingerprint density at radius 1 is 1.14 bits per heavy atom. The minimum absolute atomic E-state index is 0.0293. The molecule has 0 saturated carbocycles. The van der Waals surface area contributed by atoms with Crippen molar-refractivity contribution in [3.63, 3.8) is 0 Å². The summed E-state index contributed by atoms with van der Waals surface area (Å²) in [6, 6.07) is 13.5. The number of anilines is 1. The first kappa shape index (κ1) is 20.9. The second kappa shape index (κ2) is 9.56. The number of carbonyl (C=O) groups is 1. The summed E-state index contributed by atoms with van der Waals surface area (Å²) < 4.78 is 7.67. The molecule has 6 heteroatoms. The van der Waals surface area contributed by atoms with E-state index in [2.05, 4.69) is 28.6 Å². The second-order valence-electron chi connectivity index (χ2n) is 7.22. The zero-order valence-corrected chi connectivity index (χ0v) is 17.7. The molecule has 3 rings (SSSR count). The van der Waals surface area contributed by atoms with Gasteiger partial charge in [-0.2, -0.15) is 0 Å². The van der Waals surface area contributed by atoms with E-state index >= 15 is 0 Å². The number of amides is 1. The Morgan fingerprint density at radius 3 is 2.55 bits per heavy atom. The quantitative estimate of drug-likeness (QED) is 0.600. The highest BCUT2D eigenvalue weighted by Crippen LogP contribution is 2.20. The van der Waals surface area contributed by atoms with Crippen molar-refractivity contribution in [2.24, 2.45) is 7.05 Å². The molecule has 0 spiro atoms. The zero-order chi connectivity index (χ0) is 20.8. The van der Waals surface area contributed by atoms with Gasteiger partial charge in [0.2, 0.25) is 0 Å². The number of imidazole rings is 1. The van der Waals surface area contributed by atoms with Crippen LogP contribution in [0.4, 0.5) is 5.69 Å². The number of aryl methyl sites for hydroxylation is 2. The molecule has 0 radical (unpaired) electrons. The number of hydrogen-bond donors (Lipinski definition) is 1. The summed E-state index contributed by atoms with van der Waals surface area (Å²) in [5.74, 6) is 1.55. The average Bonchev–Trinajstić information content (AvgIpc) is 3.03. The molecule has 0 aliphatic carbocycles. The van der Waals surface area contributed by atoms with Crippen molar-refractivity contribution in [2.45, 2.75) is 27.2 Å². The highest BCUT2D eigenvalue weighted by Gasteiger charge is 2.11. The molecule has 1 amide bonds. The van der Waals surface area contributed by atoms with Crippen LogP contribution in [0.15, 0.2) is 42.5 Å². The van der Waals surface area contributed by atoms with Gasteiger partial charge in [-0.3, -0.25) is 4.79 Å². The highest BCUT2D eigenvalue weighted by atomic mass is 16.5. The third-order valence-electron chi connectivity index (χ3n) is 5.19. The van der Waals surface area contributed by atoms with Crippen molar-refractivity contribution in [2.75, 3.05) is 31.6 Å². The van der Waals surface area contributed by atoms with Gasteiger partial charge in [0.15, 0.2) is 6.61 Å². The van der Waals surface area contributed by atoms with Crippen molar-refractivity contribution in [3.8, 4) is 5.75 Å². The molecule has 6 nitrogen and oxygen atoms in total. The minimum Gasteiger partial charge on any atom is -0.484 e. The lowest BCUT2D eigenvalue weighted by molar-refractivity contribution is -0.118. The molecule has 0 unspecified atom stereocenters. The predicted octanol–water partition coefficient (Wildman–Crippen LogP) is 3.78. The van der Waals surface area contributed by atoms with Crippen molar-refractivity contribution in [3.05, 3.63) is 53.9 Å². The summed E-state index contributed by atoms with van der Waals surface area (Å²) in [6.07, 6.45) is 0.902. The summed E-state index contributed by atoms with van der Waals surface area (Å²) in [7, 11) is 2.04. The fourth-order valence-corrected chi connectivity index (χ4v) is 3.33. The van der Waals surface area contributed by atoms with Crippen LogP contribution in [0, 0.1) is 6.92 Å². The molecule has 1 heterocycles. The second-order valence-corrected chi connectivity index (χ2v) is 7.22. The van der Waals surface area contributed by atoms with E-state index in [9.17, 15) is 4.79 Å². The maximum atomic E-state index is 12.2. The van der Waals surface area contributed by atoms with Crippen LogP contribution in [0.2, 0.25) is 0 Å². The molecular weight excluding hydrogens is 364 g/mol. The average molecular weight is 395 g/mol. The van der Waals surface area contributed by atoms with Crippen LogP contribution in [0.5, 0.6) is 5.75 Å². The number of hydrogen-bond acceptors (Lipinski definition) is 4. The Kier molecular flexibility index (Phi) is 6.88. The highest BCUT2D eigenvalue weighted by molar-refractivity contribution is 5.94. The van der Waals surface area contributed by atoms with Crippen LogP contribution >= 0.6 is 0 Å². The smallest absolute Gasteiger partial charge is 0.262 e. The van der Waals surface area contributed by atoms with Crippen LogP contribution in [-0.4, -0.2) is 46.6 Å². The predicted molar refractivity (Wildman–Crippen MR) is 118 cm³/mol. The maximum Gasteiger partial charge on any atom is 0.262 e. The number of fused-ring (bicyclic) bond motifs is 1. The number of aromatic nitrogens is 2. The van der Waals surface area contributed by atoms with Crippen molar-refractivity contribution in [1.29, 1.82) is 0 Å². The summed E-state index contributed by atoms with van der Waals surface area (Å²) in [4.78, 5) is 19.4. The molecule has 154 valence electrons. The summed E-state index contributed by atoms with van der Waals surface area (Å²) in [5.41, 5.74) is 3.83. The standard InChI is InChI=1S/C23H30N4O2/c1-5-27(6-2)14-13-22-25-20-15-18(9-12-21(20)26(22)4)24-23(28)16-29-19-10-7-17(3)8-11-19/h7-12,15H,5-6,13-14,16H2,1-4H3,(H,24,28). The van der Waals surface area contributed by atoms with Crippen LogP contribution in [-0.2, 0) is 18.3 Å². The molecule has 1 N–H and O–H groups in total. The topological polar surface area (TPSA) is 59.4 Å². The van der Waals surface area contributed by atoms with Crippen molar-refractivity contribution < 1.29 is 9.53 Å². The molecule has 0 saturated heterocycles. The number of nitrogens with one attached hydrogen (secondary N) is 1. The number of rotatable bonds is 9. The van der Waals surface area contributed by atoms with Gasteiger partial charge in [-0.05, 0) is 50.3 Å². The normalized spacial score (nSPS) is 11.2. The van der Waals surface area contributed by atoms with Crippen molar-refractivity contribution >= 4 is 22.6 Å². The molecule has 0 aliphatic rings. The Balaban J connectivity index is 1.62. The first-order valence-corrected chi connectivity index (χ1v) is 10.2. The van der Waals surface area contributed by atoms with Gasteiger partial charge in [0, 0.05) is 25.7 Å². The van der Waals surface area contributed by atoms with Crippen LogP contribution in [0.1, 0.15) is 25.2 Å². The molecule has 0 aliphatic heterocycles. The number of likely N-dealkylation sites (N-methyl/N-ethyl adjacent to an activating group) is 1. The number of carbonyl (C=O) groups excluding carboxylic acids is 1. The summed E-state index contributed by atoms with van der Waals surface area (Å²) in [5, 5.41) is 2.89. The Hall–Kier alpha value is -2.86. The van der Waals surface area contributed by atoms with E-state index < -0.39 is 0 Å². The van der Waals surface area contributed by atoms with E-state index in [4.69, 9.17) is 9.72 Å². The molecule has 0 fully saturated rings. The molecule has 1 aromatic heterocycles. The zero-order valence-electron chi connectivity index (χ0n) is 17.7. The molecule has 0 atom stereocenters. The molecule has 29 heavy (non-hydrogen) atoms. The Bertz CT molecular complexity index is 959. The van der Waals surface area contributed by atoms with Gasteiger partial charge in [0.25, 0.3) is 5.91 Å². The largest absolute Gasteiger partial charge is 0.484 e. The van der Waals surface area contributed by atoms with Gasteiger partial charge in [-0.25, -0.2) is 4.98 Å². The van der Waals surface area contributed by atoms with E-state index in [0.29, 0.717) is 5.75 Å². The summed E-state index contributed by atoms with van der Waals surface area (Å²) >= 11 is 0. The van der Waals surface area contributed by atoms with Crippen LogP contribution in [0.25, 0.3) is 11.0 Å². The molecule has 2 aromatic carbocycles. The first-order valence-electron chi connectivity index (χ1n) is 10.2. The van der Waals surface area contributed by atoms with E-state index in [0.717, 1.165) is 54.2 Å². The molecule has 0 bridgehead atoms. The first-order chi connectivity index (χ1) is 14.0. The lowest BCUT2D eigenvalue weighted by atomic mass is 10.2. The molecule has 3 aromatic rings. The van der Waals surface area contributed by atoms with Gasteiger partial charge < -0.3 is 19.5 Å². The van der Waals surface area contributed by atoms with E-state index in [1.807, 2.05) is 56.4 Å². The fraction of sp³-hybridized carbons (Fsp3) is 0.391. The van der Waals surface area contributed by atoms with Gasteiger partial charge in [-0.15, -0.1) is 0 Å². The number of nitrogens with zero attached hydrogens (tertiary/aromatic N) is 3. The third kappa shape index (κ3) is 5.35. The minimum atomic E-state index is -0.192. The summed E-state index contributed by atoms with van der Waals surface area (Å²) in [6.45, 7) is 9.41. The lowest BCUT2D eigenvalue weighted by Gasteiger charge is -2.17. The number of benzene rings is 2.